The Kier molecular flexibility index (Phi) is 6.38. The lowest BCUT2D eigenvalue weighted by Gasteiger charge is -2.25. The van der Waals surface area contributed by atoms with Gasteiger partial charge in [-0.1, -0.05) is 17.8 Å². The summed E-state index contributed by atoms with van der Waals surface area (Å²) in [6, 6.07) is 8.31. The average Bonchev–Trinajstić information content (AvgIpc) is 3.14. The van der Waals surface area contributed by atoms with Gasteiger partial charge in [-0.3, -0.25) is 4.79 Å². The summed E-state index contributed by atoms with van der Waals surface area (Å²) in [4.78, 5) is 19.6. The van der Waals surface area contributed by atoms with E-state index in [1.807, 2.05) is 43.9 Å². The van der Waals surface area contributed by atoms with Crippen molar-refractivity contribution in [3.8, 4) is 17.6 Å². The van der Waals surface area contributed by atoms with E-state index < -0.39 is 0 Å². The van der Waals surface area contributed by atoms with E-state index >= 15 is 0 Å². The van der Waals surface area contributed by atoms with Crippen LogP contribution in [0.25, 0.3) is 0 Å². The SMILES string of the molecule is Cc1nc(SCC(=O)N2CCC[C@@H]2c2ccc3c(c2)OCCCO3)c(C#N)c(C)c1C. The van der Waals surface area contributed by atoms with E-state index in [4.69, 9.17) is 9.47 Å². The van der Waals surface area contributed by atoms with Gasteiger partial charge in [0.25, 0.3) is 0 Å². The number of benzene rings is 1. The van der Waals surface area contributed by atoms with Gasteiger partial charge in [-0.25, -0.2) is 4.98 Å². The van der Waals surface area contributed by atoms with Gasteiger partial charge < -0.3 is 14.4 Å². The first-order valence-corrected chi connectivity index (χ1v) is 11.7. The first-order chi connectivity index (χ1) is 15.0. The van der Waals surface area contributed by atoms with Crippen LogP contribution in [0.3, 0.4) is 0 Å². The van der Waals surface area contributed by atoms with Crippen LogP contribution in [0, 0.1) is 32.1 Å². The fraction of sp³-hybridized carbons (Fsp3) is 0.458. The summed E-state index contributed by atoms with van der Waals surface area (Å²) in [6.07, 6.45) is 2.77. The molecule has 6 nitrogen and oxygen atoms in total. The minimum absolute atomic E-state index is 0.0372. The summed E-state index contributed by atoms with van der Waals surface area (Å²) in [7, 11) is 0. The van der Waals surface area contributed by atoms with E-state index in [2.05, 4.69) is 11.1 Å². The first-order valence-electron chi connectivity index (χ1n) is 10.7. The number of carbonyl (C=O) groups excluding carboxylic acids is 1. The minimum Gasteiger partial charge on any atom is -0.490 e. The Hall–Kier alpha value is -2.72. The maximum absolute atomic E-state index is 13.1. The average molecular weight is 438 g/mol. The molecule has 2 aromatic rings. The van der Waals surface area contributed by atoms with Crippen molar-refractivity contribution in [1.82, 2.24) is 9.88 Å². The molecule has 1 amide bonds. The van der Waals surface area contributed by atoms with Crippen LogP contribution in [-0.2, 0) is 4.79 Å². The number of likely N-dealkylation sites (tertiary alicyclic amines) is 1. The molecule has 0 radical (unpaired) electrons. The molecule has 0 aliphatic carbocycles. The van der Waals surface area contributed by atoms with Crippen LogP contribution in [0.4, 0.5) is 0 Å². The van der Waals surface area contributed by atoms with Gasteiger partial charge >= 0.3 is 0 Å². The van der Waals surface area contributed by atoms with Gasteiger partial charge in [0.15, 0.2) is 11.5 Å². The molecule has 1 saturated heterocycles. The highest BCUT2D eigenvalue weighted by molar-refractivity contribution is 8.00. The number of ether oxygens (including phenoxy) is 2. The number of rotatable bonds is 4. The van der Waals surface area contributed by atoms with Crippen LogP contribution < -0.4 is 9.47 Å². The van der Waals surface area contributed by atoms with Crippen LogP contribution >= 0.6 is 11.8 Å². The summed E-state index contributed by atoms with van der Waals surface area (Å²) in [5.74, 6) is 1.87. The largest absolute Gasteiger partial charge is 0.490 e. The van der Waals surface area contributed by atoms with Crippen LogP contribution in [0.1, 0.15) is 53.3 Å². The third kappa shape index (κ3) is 4.35. The van der Waals surface area contributed by atoms with E-state index in [1.54, 1.807) is 0 Å². The highest BCUT2D eigenvalue weighted by atomic mass is 32.2. The molecule has 3 heterocycles. The number of fused-ring (bicyclic) bond motifs is 1. The fourth-order valence-corrected chi connectivity index (χ4v) is 5.13. The zero-order valence-corrected chi connectivity index (χ0v) is 19.1. The van der Waals surface area contributed by atoms with E-state index in [-0.39, 0.29) is 17.7 Å². The molecule has 2 aliphatic heterocycles. The molecule has 162 valence electrons. The minimum atomic E-state index is 0.0372. The zero-order valence-electron chi connectivity index (χ0n) is 18.2. The quantitative estimate of drug-likeness (QED) is 0.656. The van der Waals surface area contributed by atoms with Crippen molar-refractivity contribution in [2.24, 2.45) is 0 Å². The Balaban J connectivity index is 1.49. The summed E-state index contributed by atoms with van der Waals surface area (Å²) in [5, 5.41) is 10.2. The predicted octanol–water partition coefficient (Wildman–Crippen LogP) is 4.50. The lowest BCUT2D eigenvalue weighted by Crippen LogP contribution is -2.32. The van der Waals surface area contributed by atoms with Crippen LogP contribution in [-0.4, -0.2) is 41.3 Å². The normalized spacial score (nSPS) is 17.9. The fourth-order valence-electron chi connectivity index (χ4n) is 4.16. The number of aryl methyl sites for hydroxylation is 1. The van der Waals surface area contributed by atoms with E-state index in [1.165, 1.54) is 11.8 Å². The number of nitrogens with zero attached hydrogens (tertiary/aromatic N) is 3. The maximum Gasteiger partial charge on any atom is 0.233 e. The van der Waals surface area contributed by atoms with Gasteiger partial charge in [0.05, 0.1) is 30.6 Å². The molecule has 0 spiro atoms. The number of thioether (sulfide) groups is 1. The van der Waals surface area contributed by atoms with Gasteiger partial charge in [-0.2, -0.15) is 5.26 Å². The van der Waals surface area contributed by atoms with Gasteiger partial charge in [0.2, 0.25) is 5.91 Å². The lowest BCUT2D eigenvalue weighted by molar-refractivity contribution is -0.129. The van der Waals surface area contributed by atoms with E-state index in [9.17, 15) is 10.1 Å². The summed E-state index contributed by atoms with van der Waals surface area (Å²) in [5.41, 5.74) is 4.52. The van der Waals surface area contributed by atoms with Gasteiger partial charge in [-0.05, 0) is 62.4 Å². The topological polar surface area (TPSA) is 75.5 Å². The molecule has 2 aliphatic rings. The second-order valence-electron chi connectivity index (χ2n) is 8.03. The molecule has 4 rings (SSSR count). The summed E-state index contributed by atoms with van der Waals surface area (Å²) in [6.45, 7) is 7.90. The first kappa shape index (κ1) is 21.5. The molecule has 1 fully saturated rings. The number of hydrogen-bond donors (Lipinski definition) is 0. The number of aromatic nitrogens is 1. The molecular weight excluding hydrogens is 410 g/mol. The summed E-state index contributed by atoms with van der Waals surface area (Å²) >= 11 is 1.36. The van der Waals surface area contributed by atoms with E-state index in [0.717, 1.165) is 59.7 Å². The van der Waals surface area contributed by atoms with Crippen molar-refractivity contribution in [3.63, 3.8) is 0 Å². The van der Waals surface area contributed by atoms with Crippen molar-refractivity contribution in [3.05, 3.63) is 46.1 Å². The molecular formula is C24H27N3O3S. The van der Waals surface area contributed by atoms with Crippen molar-refractivity contribution in [2.45, 2.75) is 51.1 Å². The maximum atomic E-state index is 13.1. The van der Waals surface area contributed by atoms with E-state index in [0.29, 0.717) is 23.8 Å². The number of amides is 1. The lowest BCUT2D eigenvalue weighted by atomic mass is 10.0. The van der Waals surface area contributed by atoms with Crippen LogP contribution in [0.5, 0.6) is 11.5 Å². The van der Waals surface area contributed by atoms with Crippen molar-refractivity contribution >= 4 is 17.7 Å². The molecule has 0 N–H and O–H groups in total. The Morgan fingerprint density at radius 1 is 1.19 bits per heavy atom. The number of carbonyl (C=O) groups is 1. The van der Waals surface area contributed by atoms with Crippen molar-refractivity contribution in [2.75, 3.05) is 25.5 Å². The Labute approximate surface area is 187 Å². The molecule has 0 saturated carbocycles. The zero-order chi connectivity index (χ0) is 22.0. The smallest absolute Gasteiger partial charge is 0.233 e. The molecule has 7 heteroatoms. The third-order valence-electron chi connectivity index (χ3n) is 6.14. The number of pyridine rings is 1. The Morgan fingerprint density at radius 2 is 1.97 bits per heavy atom. The second kappa shape index (κ2) is 9.19. The van der Waals surface area contributed by atoms with Crippen LogP contribution in [0.15, 0.2) is 23.2 Å². The molecule has 0 bridgehead atoms. The highest BCUT2D eigenvalue weighted by Gasteiger charge is 2.31. The standard InChI is InChI=1S/C24H27N3O3S/c1-15-16(2)19(13-25)24(26-17(15)3)31-14-23(28)27-9-4-6-20(27)18-7-8-21-22(12-18)30-11-5-10-29-21/h7-8,12,20H,4-6,9-11,14H2,1-3H3/t20-/m1/s1. The highest BCUT2D eigenvalue weighted by Crippen LogP contribution is 2.38. The van der Waals surface area contributed by atoms with Crippen molar-refractivity contribution < 1.29 is 14.3 Å². The Morgan fingerprint density at radius 3 is 2.74 bits per heavy atom. The van der Waals surface area contributed by atoms with Gasteiger partial charge in [0, 0.05) is 18.7 Å². The third-order valence-corrected chi connectivity index (χ3v) is 7.10. The van der Waals surface area contributed by atoms with Gasteiger partial charge in [0.1, 0.15) is 11.1 Å². The Bertz CT molecular complexity index is 1050. The predicted molar refractivity (Wildman–Crippen MR) is 120 cm³/mol. The van der Waals surface area contributed by atoms with Gasteiger partial charge in [-0.15, -0.1) is 0 Å². The number of nitriles is 1. The molecule has 1 aromatic heterocycles. The monoisotopic (exact) mass is 437 g/mol. The molecule has 0 unspecified atom stereocenters. The van der Waals surface area contributed by atoms with Crippen LogP contribution in [0.2, 0.25) is 0 Å². The molecule has 1 atom stereocenters. The summed E-state index contributed by atoms with van der Waals surface area (Å²) < 4.78 is 11.6. The molecule has 31 heavy (non-hydrogen) atoms. The number of hydrogen-bond acceptors (Lipinski definition) is 6. The van der Waals surface area contributed by atoms with Crippen molar-refractivity contribution in [1.29, 1.82) is 5.26 Å². The second-order valence-corrected chi connectivity index (χ2v) is 8.99. The molecule has 1 aromatic carbocycles.